The first kappa shape index (κ1) is 10.8. The Morgan fingerprint density at radius 3 is 3.00 bits per heavy atom. The van der Waals surface area contributed by atoms with E-state index in [-0.39, 0.29) is 11.8 Å². The molecule has 3 rings (SSSR count). The smallest absolute Gasteiger partial charge is 0.356 e. The number of nitrogens with zero attached hydrogens (tertiary/aromatic N) is 2. The van der Waals surface area contributed by atoms with Crippen molar-refractivity contribution in [2.45, 2.75) is 19.1 Å². The Morgan fingerprint density at radius 2 is 2.28 bits per heavy atom. The number of benzene rings is 1. The van der Waals surface area contributed by atoms with Crippen LogP contribution >= 0.6 is 0 Å². The van der Waals surface area contributed by atoms with Crippen LogP contribution in [-0.2, 0) is 13.0 Å². The van der Waals surface area contributed by atoms with Crippen molar-refractivity contribution in [2.24, 2.45) is 0 Å². The largest absolute Gasteiger partial charge is 0.488 e. The zero-order valence-corrected chi connectivity index (χ0v) is 9.61. The summed E-state index contributed by atoms with van der Waals surface area (Å²) in [6, 6.07) is 9.41. The number of carboxylic acids is 1. The molecule has 0 saturated carbocycles. The molecule has 0 amide bonds. The van der Waals surface area contributed by atoms with Gasteiger partial charge in [-0.05, 0) is 17.7 Å². The molecule has 2 aromatic rings. The van der Waals surface area contributed by atoms with Crippen LogP contribution in [0.15, 0.2) is 36.5 Å². The van der Waals surface area contributed by atoms with Crippen molar-refractivity contribution in [3.63, 3.8) is 0 Å². The first-order valence-corrected chi connectivity index (χ1v) is 5.73. The Hall–Kier alpha value is -2.30. The number of aromatic nitrogens is 2. The summed E-state index contributed by atoms with van der Waals surface area (Å²) >= 11 is 0. The van der Waals surface area contributed by atoms with E-state index in [1.807, 2.05) is 24.3 Å². The van der Waals surface area contributed by atoms with Crippen molar-refractivity contribution in [2.75, 3.05) is 0 Å². The molecule has 0 aliphatic carbocycles. The highest BCUT2D eigenvalue weighted by Gasteiger charge is 2.23. The van der Waals surface area contributed by atoms with Gasteiger partial charge in [0, 0.05) is 12.6 Å². The SMILES string of the molecule is O=C(O)c1ccn(CC2Cc3ccccc3O2)n1. The van der Waals surface area contributed by atoms with E-state index in [1.54, 1.807) is 10.9 Å². The van der Waals surface area contributed by atoms with Crippen LogP contribution < -0.4 is 4.74 Å². The van der Waals surface area contributed by atoms with E-state index in [4.69, 9.17) is 9.84 Å². The summed E-state index contributed by atoms with van der Waals surface area (Å²) in [5.74, 6) is -0.0995. The lowest BCUT2D eigenvalue weighted by molar-refractivity contribution is 0.0688. The lowest BCUT2D eigenvalue weighted by Gasteiger charge is -2.10. The molecule has 92 valence electrons. The van der Waals surface area contributed by atoms with Gasteiger partial charge in [0.15, 0.2) is 5.69 Å². The number of carbonyl (C=O) groups is 1. The van der Waals surface area contributed by atoms with E-state index < -0.39 is 5.97 Å². The second-order valence-corrected chi connectivity index (χ2v) is 4.28. The van der Waals surface area contributed by atoms with E-state index in [0.717, 1.165) is 12.2 Å². The fraction of sp³-hybridized carbons (Fsp3) is 0.231. The Morgan fingerprint density at radius 1 is 1.44 bits per heavy atom. The van der Waals surface area contributed by atoms with Gasteiger partial charge in [0.2, 0.25) is 0 Å². The topological polar surface area (TPSA) is 64.3 Å². The third kappa shape index (κ3) is 1.95. The summed E-state index contributed by atoms with van der Waals surface area (Å²) in [7, 11) is 0. The fourth-order valence-electron chi connectivity index (χ4n) is 2.14. The minimum Gasteiger partial charge on any atom is -0.488 e. The minimum atomic E-state index is -1.01. The molecular formula is C13H12N2O3. The molecule has 1 aliphatic heterocycles. The molecule has 1 atom stereocenters. The Bertz CT molecular complexity index is 566. The maximum Gasteiger partial charge on any atom is 0.356 e. The van der Waals surface area contributed by atoms with Crippen LogP contribution in [0.1, 0.15) is 16.1 Å². The van der Waals surface area contributed by atoms with Gasteiger partial charge in [-0.3, -0.25) is 4.68 Å². The van der Waals surface area contributed by atoms with Gasteiger partial charge in [-0.15, -0.1) is 0 Å². The van der Waals surface area contributed by atoms with Gasteiger partial charge >= 0.3 is 5.97 Å². The lowest BCUT2D eigenvalue weighted by atomic mass is 10.1. The predicted octanol–water partition coefficient (Wildman–Crippen LogP) is 1.58. The maximum absolute atomic E-state index is 10.7. The summed E-state index contributed by atoms with van der Waals surface area (Å²) in [4.78, 5) is 10.7. The van der Waals surface area contributed by atoms with E-state index in [1.165, 1.54) is 11.6 Å². The van der Waals surface area contributed by atoms with Crippen LogP contribution in [0.25, 0.3) is 0 Å². The average Bonchev–Trinajstić information content (AvgIpc) is 2.94. The second-order valence-electron chi connectivity index (χ2n) is 4.28. The highest BCUT2D eigenvalue weighted by Crippen LogP contribution is 2.28. The highest BCUT2D eigenvalue weighted by atomic mass is 16.5. The van der Waals surface area contributed by atoms with Crippen molar-refractivity contribution >= 4 is 5.97 Å². The van der Waals surface area contributed by atoms with Gasteiger partial charge < -0.3 is 9.84 Å². The van der Waals surface area contributed by atoms with E-state index >= 15 is 0 Å². The van der Waals surface area contributed by atoms with Crippen LogP contribution in [0.2, 0.25) is 0 Å². The molecular weight excluding hydrogens is 232 g/mol. The normalized spacial score (nSPS) is 17.2. The first-order valence-electron chi connectivity index (χ1n) is 5.73. The van der Waals surface area contributed by atoms with Gasteiger partial charge in [0.05, 0.1) is 6.54 Å². The van der Waals surface area contributed by atoms with Crippen molar-refractivity contribution in [3.05, 3.63) is 47.8 Å². The molecule has 1 aromatic carbocycles. The second kappa shape index (κ2) is 4.18. The Labute approximate surface area is 104 Å². The van der Waals surface area contributed by atoms with Crippen LogP contribution in [0.5, 0.6) is 5.75 Å². The number of hydrogen-bond donors (Lipinski definition) is 1. The summed E-state index contributed by atoms with van der Waals surface area (Å²) in [6.45, 7) is 0.558. The van der Waals surface area contributed by atoms with Crippen LogP contribution in [0.3, 0.4) is 0 Å². The number of fused-ring (bicyclic) bond motifs is 1. The zero-order chi connectivity index (χ0) is 12.5. The van der Waals surface area contributed by atoms with Crippen molar-refractivity contribution in [3.8, 4) is 5.75 Å². The fourth-order valence-corrected chi connectivity index (χ4v) is 2.14. The van der Waals surface area contributed by atoms with Gasteiger partial charge in [0.1, 0.15) is 11.9 Å². The Kier molecular flexibility index (Phi) is 2.51. The van der Waals surface area contributed by atoms with Crippen LogP contribution in [-0.4, -0.2) is 27.0 Å². The quantitative estimate of drug-likeness (QED) is 0.890. The summed E-state index contributed by atoms with van der Waals surface area (Å²) in [6.07, 6.45) is 2.51. The molecule has 1 aliphatic rings. The lowest BCUT2D eigenvalue weighted by Crippen LogP contribution is -2.21. The van der Waals surface area contributed by atoms with Gasteiger partial charge in [-0.2, -0.15) is 5.10 Å². The van der Waals surface area contributed by atoms with Crippen molar-refractivity contribution in [1.82, 2.24) is 9.78 Å². The minimum absolute atomic E-state index is 0.0175. The van der Waals surface area contributed by atoms with Crippen LogP contribution in [0.4, 0.5) is 0 Å². The first-order chi connectivity index (χ1) is 8.72. The molecule has 0 radical (unpaired) electrons. The molecule has 0 fully saturated rings. The number of hydrogen-bond acceptors (Lipinski definition) is 3. The molecule has 2 heterocycles. The van der Waals surface area contributed by atoms with E-state index in [0.29, 0.717) is 6.54 Å². The van der Waals surface area contributed by atoms with Gasteiger partial charge in [-0.1, -0.05) is 18.2 Å². The van der Waals surface area contributed by atoms with E-state index in [2.05, 4.69) is 5.10 Å². The number of aromatic carboxylic acids is 1. The molecule has 5 nitrogen and oxygen atoms in total. The third-order valence-corrected chi connectivity index (χ3v) is 2.96. The molecule has 0 saturated heterocycles. The Balaban J connectivity index is 1.70. The molecule has 0 bridgehead atoms. The molecule has 1 unspecified atom stereocenters. The van der Waals surface area contributed by atoms with Gasteiger partial charge in [-0.25, -0.2) is 4.79 Å². The third-order valence-electron chi connectivity index (χ3n) is 2.96. The van der Waals surface area contributed by atoms with Crippen molar-refractivity contribution < 1.29 is 14.6 Å². The molecule has 18 heavy (non-hydrogen) atoms. The number of rotatable bonds is 3. The zero-order valence-electron chi connectivity index (χ0n) is 9.61. The monoisotopic (exact) mass is 244 g/mol. The van der Waals surface area contributed by atoms with Crippen LogP contribution in [0, 0.1) is 0 Å². The molecule has 0 spiro atoms. The number of ether oxygens (including phenoxy) is 1. The molecule has 1 aromatic heterocycles. The number of carboxylic acid groups (broad SMARTS) is 1. The summed E-state index contributed by atoms with van der Waals surface area (Å²) in [5, 5.41) is 12.8. The molecule has 1 N–H and O–H groups in total. The maximum atomic E-state index is 10.7. The van der Waals surface area contributed by atoms with E-state index in [9.17, 15) is 4.79 Å². The predicted molar refractivity (Wildman–Crippen MR) is 63.7 cm³/mol. The van der Waals surface area contributed by atoms with Crippen molar-refractivity contribution in [1.29, 1.82) is 0 Å². The average molecular weight is 244 g/mol. The van der Waals surface area contributed by atoms with Gasteiger partial charge in [0.25, 0.3) is 0 Å². The summed E-state index contributed by atoms with van der Waals surface area (Å²) < 4.78 is 7.38. The summed E-state index contributed by atoms with van der Waals surface area (Å²) in [5.41, 5.74) is 1.25. The highest BCUT2D eigenvalue weighted by molar-refractivity contribution is 5.85. The standard InChI is InChI=1S/C13H12N2O3/c16-13(17)11-5-6-15(14-11)8-10-7-9-3-1-2-4-12(9)18-10/h1-6,10H,7-8H2,(H,16,17). The number of para-hydroxylation sites is 1. The molecule has 5 heteroatoms.